The van der Waals surface area contributed by atoms with Crippen LogP contribution in [0.4, 0.5) is 11.4 Å². The van der Waals surface area contributed by atoms with E-state index in [1.54, 1.807) is 30.3 Å². The second-order valence-electron chi connectivity index (χ2n) is 4.79. The predicted octanol–water partition coefficient (Wildman–Crippen LogP) is 3.01. The molecule has 0 aliphatic carbocycles. The maximum Gasteiger partial charge on any atom is 0.342 e. The minimum absolute atomic E-state index is 0.0676. The maximum absolute atomic E-state index is 12.1. The number of nitrogens with zero attached hydrogens (tertiary/aromatic N) is 2. The lowest BCUT2D eigenvalue weighted by atomic mass is 9.99. The maximum atomic E-state index is 12.1. The van der Waals surface area contributed by atoms with E-state index in [0.29, 0.717) is 11.1 Å². The second-order valence-corrected chi connectivity index (χ2v) is 4.79. The smallest absolute Gasteiger partial charge is 0.316 e. The molecule has 1 heterocycles. The number of nitro groups is 2. The predicted molar refractivity (Wildman–Crippen MR) is 83.3 cm³/mol. The molecule has 2 aromatic carbocycles. The molecular formula is C15H9N3O5. The Morgan fingerprint density at radius 3 is 2.22 bits per heavy atom. The third-order valence-corrected chi connectivity index (χ3v) is 3.43. The van der Waals surface area contributed by atoms with Gasteiger partial charge >= 0.3 is 11.2 Å². The summed E-state index contributed by atoms with van der Waals surface area (Å²) in [5.74, 6) is 0. The van der Waals surface area contributed by atoms with Gasteiger partial charge in [0, 0.05) is 23.0 Å². The third kappa shape index (κ3) is 2.42. The van der Waals surface area contributed by atoms with Crippen LogP contribution in [0, 0.1) is 20.2 Å². The highest BCUT2D eigenvalue weighted by molar-refractivity contribution is 5.99. The van der Waals surface area contributed by atoms with Gasteiger partial charge in [-0.1, -0.05) is 30.3 Å². The zero-order chi connectivity index (χ0) is 16.6. The molecule has 0 unspecified atom stereocenters. The minimum Gasteiger partial charge on any atom is -0.316 e. The monoisotopic (exact) mass is 311 g/mol. The summed E-state index contributed by atoms with van der Waals surface area (Å²) in [6, 6.07) is 12.1. The van der Waals surface area contributed by atoms with Crippen molar-refractivity contribution in [2.24, 2.45) is 0 Å². The molecule has 8 heteroatoms. The Morgan fingerprint density at radius 1 is 0.913 bits per heavy atom. The quantitative estimate of drug-likeness (QED) is 0.589. The molecule has 0 atom stereocenters. The summed E-state index contributed by atoms with van der Waals surface area (Å²) in [6.45, 7) is 0. The van der Waals surface area contributed by atoms with Crippen LogP contribution in [0.15, 0.2) is 53.3 Å². The lowest BCUT2D eigenvalue weighted by Gasteiger charge is -2.07. The lowest BCUT2D eigenvalue weighted by molar-refractivity contribution is -0.385. The van der Waals surface area contributed by atoms with Crippen molar-refractivity contribution < 1.29 is 9.85 Å². The fourth-order valence-electron chi connectivity index (χ4n) is 2.46. The molecule has 0 bridgehead atoms. The number of rotatable bonds is 3. The average Bonchev–Trinajstić information content (AvgIpc) is 2.53. The molecular weight excluding hydrogens is 302 g/mol. The fraction of sp³-hybridized carbons (Fsp3) is 0. The normalized spacial score (nSPS) is 10.6. The van der Waals surface area contributed by atoms with Gasteiger partial charge in [0.15, 0.2) is 0 Å². The Bertz CT molecular complexity index is 995. The molecule has 0 radical (unpaired) electrons. The van der Waals surface area contributed by atoms with Gasteiger partial charge in [0.25, 0.3) is 5.69 Å². The molecule has 0 saturated heterocycles. The van der Waals surface area contributed by atoms with Gasteiger partial charge in [0.1, 0.15) is 0 Å². The standard InChI is InChI=1S/C15H9N3O5/c19-15-14(18(22)23)13(9-4-2-1-3-5-9)11-8-10(17(20)21)6-7-12(11)16-15/h1-8H,(H,16,19). The highest BCUT2D eigenvalue weighted by Crippen LogP contribution is 2.34. The molecule has 23 heavy (non-hydrogen) atoms. The van der Waals surface area contributed by atoms with E-state index < -0.39 is 21.1 Å². The number of hydrogen-bond donors (Lipinski definition) is 1. The highest BCUT2D eigenvalue weighted by atomic mass is 16.6. The van der Waals surface area contributed by atoms with Crippen LogP contribution in [-0.2, 0) is 0 Å². The molecule has 3 aromatic rings. The largest absolute Gasteiger partial charge is 0.342 e. The van der Waals surface area contributed by atoms with Gasteiger partial charge < -0.3 is 4.98 Å². The van der Waals surface area contributed by atoms with E-state index in [0.717, 1.165) is 0 Å². The Labute approximate surface area is 128 Å². The van der Waals surface area contributed by atoms with Gasteiger partial charge in [-0.3, -0.25) is 25.0 Å². The number of nitro benzene ring substituents is 1. The number of hydrogen-bond acceptors (Lipinski definition) is 5. The molecule has 0 spiro atoms. The molecule has 114 valence electrons. The van der Waals surface area contributed by atoms with Crippen molar-refractivity contribution in [2.45, 2.75) is 0 Å². The van der Waals surface area contributed by atoms with E-state index in [9.17, 15) is 25.0 Å². The first-order chi connectivity index (χ1) is 11.0. The summed E-state index contributed by atoms with van der Waals surface area (Å²) in [5, 5.41) is 22.6. The van der Waals surface area contributed by atoms with E-state index in [2.05, 4.69) is 4.98 Å². The van der Waals surface area contributed by atoms with Crippen LogP contribution in [0.1, 0.15) is 0 Å². The summed E-state index contributed by atoms with van der Waals surface area (Å²) < 4.78 is 0. The molecule has 0 aliphatic rings. The summed E-state index contributed by atoms with van der Waals surface area (Å²) in [6.07, 6.45) is 0. The van der Waals surface area contributed by atoms with E-state index in [-0.39, 0.29) is 16.6 Å². The molecule has 0 amide bonds. The number of aromatic nitrogens is 1. The Hall–Kier alpha value is -3.55. The van der Waals surface area contributed by atoms with Crippen LogP contribution >= 0.6 is 0 Å². The SMILES string of the molecule is O=c1[nH]c2ccc([N+](=O)[O-])cc2c(-c2ccccc2)c1[N+](=O)[O-]. The van der Waals surface area contributed by atoms with Crippen molar-refractivity contribution in [3.8, 4) is 11.1 Å². The molecule has 1 N–H and O–H groups in total. The summed E-state index contributed by atoms with van der Waals surface area (Å²) in [5.41, 5.74) is -0.894. The van der Waals surface area contributed by atoms with Crippen LogP contribution in [0.3, 0.4) is 0 Å². The van der Waals surface area contributed by atoms with E-state index in [1.165, 1.54) is 18.2 Å². The molecule has 3 rings (SSSR count). The summed E-state index contributed by atoms with van der Waals surface area (Å²) in [4.78, 5) is 35.4. The van der Waals surface area contributed by atoms with Crippen molar-refractivity contribution in [2.75, 3.05) is 0 Å². The topological polar surface area (TPSA) is 119 Å². The van der Waals surface area contributed by atoms with E-state index in [4.69, 9.17) is 0 Å². The van der Waals surface area contributed by atoms with Crippen LogP contribution in [0.2, 0.25) is 0 Å². The van der Waals surface area contributed by atoms with Gasteiger partial charge in [-0.2, -0.15) is 0 Å². The van der Waals surface area contributed by atoms with Gasteiger partial charge in [-0.05, 0) is 11.6 Å². The third-order valence-electron chi connectivity index (χ3n) is 3.43. The number of nitrogens with one attached hydrogen (secondary N) is 1. The fourth-order valence-corrected chi connectivity index (χ4v) is 2.46. The Morgan fingerprint density at radius 2 is 1.61 bits per heavy atom. The van der Waals surface area contributed by atoms with Crippen LogP contribution in [0.25, 0.3) is 22.0 Å². The molecule has 1 aromatic heterocycles. The van der Waals surface area contributed by atoms with Crippen molar-refractivity contribution in [3.05, 3.63) is 79.1 Å². The number of aromatic amines is 1. The van der Waals surface area contributed by atoms with Gasteiger partial charge in [0.05, 0.1) is 15.4 Å². The van der Waals surface area contributed by atoms with E-state index >= 15 is 0 Å². The number of non-ortho nitro benzene ring substituents is 1. The first-order valence-corrected chi connectivity index (χ1v) is 6.53. The number of benzene rings is 2. The zero-order valence-electron chi connectivity index (χ0n) is 11.6. The van der Waals surface area contributed by atoms with Crippen molar-refractivity contribution >= 4 is 22.3 Å². The second kappa shape index (κ2) is 5.34. The zero-order valence-corrected chi connectivity index (χ0v) is 11.6. The van der Waals surface area contributed by atoms with Gasteiger partial charge in [-0.15, -0.1) is 0 Å². The average molecular weight is 311 g/mol. The number of pyridine rings is 1. The van der Waals surface area contributed by atoms with Gasteiger partial charge in [0.2, 0.25) is 0 Å². The Kier molecular flexibility index (Phi) is 3.34. The molecule has 0 fully saturated rings. The number of fused-ring (bicyclic) bond motifs is 1. The van der Waals surface area contributed by atoms with Crippen molar-refractivity contribution in [1.29, 1.82) is 0 Å². The first kappa shape index (κ1) is 14.4. The molecule has 0 saturated carbocycles. The summed E-state index contributed by atoms with van der Waals surface area (Å²) in [7, 11) is 0. The summed E-state index contributed by atoms with van der Waals surface area (Å²) >= 11 is 0. The van der Waals surface area contributed by atoms with Crippen molar-refractivity contribution in [1.82, 2.24) is 4.98 Å². The number of H-pyrrole nitrogens is 1. The first-order valence-electron chi connectivity index (χ1n) is 6.53. The van der Waals surface area contributed by atoms with Crippen LogP contribution in [0.5, 0.6) is 0 Å². The van der Waals surface area contributed by atoms with Crippen LogP contribution in [-0.4, -0.2) is 14.8 Å². The molecule has 0 aliphatic heterocycles. The van der Waals surface area contributed by atoms with Crippen LogP contribution < -0.4 is 5.56 Å². The minimum atomic E-state index is -0.852. The highest BCUT2D eigenvalue weighted by Gasteiger charge is 2.25. The Balaban J connectivity index is 2.51. The van der Waals surface area contributed by atoms with Gasteiger partial charge in [-0.25, -0.2) is 0 Å². The lowest BCUT2D eigenvalue weighted by Crippen LogP contribution is -2.13. The van der Waals surface area contributed by atoms with E-state index in [1.807, 2.05) is 0 Å². The molecule has 8 nitrogen and oxygen atoms in total. The van der Waals surface area contributed by atoms with Crippen molar-refractivity contribution in [3.63, 3.8) is 0 Å².